The van der Waals surface area contributed by atoms with Crippen LogP contribution in [0.15, 0.2) is 53.4 Å². The number of aliphatic imine (C=N–C) groups is 1. The quantitative estimate of drug-likeness (QED) is 0.571. The molecule has 1 unspecified atom stereocenters. The summed E-state index contributed by atoms with van der Waals surface area (Å²) in [5, 5.41) is 17.7. The largest absolute Gasteiger partial charge is 0.477 e. The third kappa shape index (κ3) is 3.34. The minimum absolute atomic E-state index is 0.0505. The molecule has 0 spiro atoms. The Kier molecular flexibility index (Phi) is 4.41. The standard InChI is InChI=1S/C16H18N6O2/c1-22(17)15-14(21-13(9-20-15)16(23)24)19-8-10-4-5-12-11(7-10)3-2-6-18-12/h2-7,9,15,20H,8,17H2,1H3,(H,19,21)(H,23,24)/p+1. The third-order valence-corrected chi connectivity index (χ3v) is 3.68. The molecule has 0 radical (unpaired) electrons. The first-order chi connectivity index (χ1) is 11.5. The Morgan fingerprint density at radius 3 is 3.04 bits per heavy atom. The lowest BCUT2D eigenvalue weighted by molar-refractivity contribution is -0.573. The minimum Gasteiger partial charge on any atom is -0.477 e. The number of quaternary nitrogens is 1. The van der Waals surface area contributed by atoms with E-state index in [-0.39, 0.29) is 11.9 Å². The summed E-state index contributed by atoms with van der Waals surface area (Å²) in [4.78, 5) is 20.0. The number of carboxylic acid groups (broad SMARTS) is 1. The molecule has 3 rings (SSSR count). The number of likely N-dealkylation sites (N-methyl/N-ethyl adjacent to an activating group) is 1. The summed E-state index contributed by atoms with van der Waals surface area (Å²) in [5.74, 6) is 3.31. The Labute approximate surface area is 138 Å². The molecule has 8 nitrogen and oxygen atoms in total. The maximum absolute atomic E-state index is 11.1. The minimum atomic E-state index is -1.04. The number of nitrogens with zero attached hydrogens (tertiary/aromatic N) is 3. The maximum atomic E-state index is 11.1. The fourth-order valence-corrected chi connectivity index (χ4v) is 2.46. The zero-order chi connectivity index (χ0) is 17.1. The fraction of sp³-hybridized carbons (Fsp3) is 0.188. The molecule has 8 heteroatoms. The molecule has 0 fully saturated rings. The number of carboxylic acids is 1. The summed E-state index contributed by atoms with van der Waals surface area (Å²) >= 11 is 0. The van der Waals surface area contributed by atoms with Crippen LogP contribution in [0.2, 0.25) is 0 Å². The van der Waals surface area contributed by atoms with Crippen molar-refractivity contribution in [1.82, 2.24) is 20.6 Å². The highest BCUT2D eigenvalue weighted by Crippen LogP contribution is 2.14. The van der Waals surface area contributed by atoms with E-state index in [0.29, 0.717) is 12.4 Å². The van der Waals surface area contributed by atoms with Gasteiger partial charge in [0, 0.05) is 24.8 Å². The number of hydrogen-bond donors (Lipinski definition) is 4. The molecular formula is C16H19N6O2+. The van der Waals surface area contributed by atoms with Crippen LogP contribution in [0.25, 0.3) is 10.9 Å². The summed E-state index contributed by atoms with van der Waals surface area (Å²) in [7, 11) is 1.79. The molecule has 2 aromatic rings. The average Bonchev–Trinajstić information content (AvgIpc) is 2.59. The van der Waals surface area contributed by atoms with Gasteiger partial charge < -0.3 is 15.7 Å². The number of carbonyl (C=O) groups is 1. The van der Waals surface area contributed by atoms with Crippen LogP contribution in [0, 0.1) is 0 Å². The van der Waals surface area contributed by atoms with Crippen molar-refractivity contribution in [2.45, 2.75) is 12.7 Å². The third-order valence-electron chi connectivity index (χ3n) is 3.68. The van der Waals surface area contributed by atoms with Gasteiger partial charge in [-0.3, -0.25) is 15.8 Å². The second-order valence-corrected chi connectivity index (χ2v) is 5.55. The van der Waals surface area contributed by atoms with Gasteiger partial charge in [0.2, 0.25) is 0 Å². The number of nitrogens with one attached hydrogen (secondary N) is 2. The first kappa shape index (κ1) is 15.9. The molecule has 1 aromatic carbocycles. The lowest BCUT2D eigenvalue weighted by atomic mass is 10.1. The molecule has 0 bridgehead atoms. The van der Waals surface area contributed by atoms with Crippen LogP contribution >= 0.6 is 0 Å². The lowest BCUT2D eigenvalue weighted by Gasteiger charge is -2.28. The van der Waals surface area contributed by atoms with E-state index in [1.807, 2.05) is 30.3 Å². The number of fused-ring (bicyclic) bond motifs is 1. The van der Waals surface area contributed by atoms with Gasteiger partial charge in [0.25, 0.3) is 0 Å². The Hall–Kier alpha value is -2.97. The van der Waals surface area contributed by atoms with Gasteiger partial charge >= 0.3 is 5.97 Å². The molecule has 0 amide bonds. The summed E-state index contributed by atoms with van der Waals surface area (Å²) in [5.41, 5.74) is 1.99. The van der Waals surface area contributed by atoms with Gasteiger partial charge in [0.05, 0.1) is 12.1 Å². The monoisotopic (exact) mass is 327 g/mol. The van der Waals surface area contributed by atoms with Crippen molar-refractivity contribution in [1.29, 1.82) is 0 Å². The predicted octanol–water partition coefficient (Wildman–Crippen LogP) is -0.333. The van der Waals surface area contributed by atoms with E-state index >= 15 is 0 Å². The molecule has 1 aliphatic heterocycles. The molecule has 6 N–H and O–H groups in total. The fourth-order valence-electron chi connectivity index (χ4n) is 2.46. The van der Waals surface area contributed by atoms with Crippen LogP contribution in [0.3, 0.4) is 0 Å². The van der Waals surface area contributed by atoms with E-state index in [4.69, 9.17) is 5.11 Å². The van der Waals surface area contributed by atoms with Gasteiger partial charge in [-0.1, -0.05) is 12.1 Å². The molecule has 0 saturated carbocycles. The zero-order valence-electron chi connectivity index (χ0n) is 13.2. The average molecular weight is 327 g/mol. The van der Waals surface area contributed by atoms with Crippen LogP contribution in [-0.4, -0.2) is 40.1 Å². The Balaban J connectivity index is 1.84. The SMILES string of the molecule is CN([NH3+])C1NC=C(C(=O)O)NC1=NCc1ccc2ncccc2c1. The second-order valence-electron chi connectivity index (χ2n) is 5.55. The molecule has 0 saturated heterocycles. The Morgan fingerprint density at radius 1 is 1.46 bits per heavy atom. The van der Waals surface area contributed by atoms with Gasteiger partial charge in [-0.05, 0) is 23.8 Å². The molecule has 1 aromatic heterocycles. The highest BCUT2D eigenvalue weighted by Gasteiger charge is 2.27. The van der Waals surface area contributed by atoms with E-state index in [1.54, 1.807) is 18.3 Å². The van der Waals surface area contributed by atoms with Crippen LogP contribution in [0.4, 0.5) is 0 Å². The maximum Gasteiger partial charge on any atom is 0.353 e. The van der Waals surface area contributed by atoms with E-state index in [0.717, 1.165) is 16.5 Å². The highest BCUT2D eigenvalue weighted by molar-refractivity contribution is 5.98. The molecule has 2 heterocycles. The molecule has 124 valence electrons. The molecule has 1 aliphatic rings. The Bertz CT molecular complexity index is 830. The predicted molar refractivity (Wildman–Crippen MR) is 89.3 cm³/mol. The van der Waals surface area contributed by atoms with Gasteiger partial charge in [0.1, 0.15) is 11.5 Å². The van der Waals surface area contributed by atoms with Gasteiger partial charge in [-0.2, -0.15) is 0 Å². The molecule has 24 heavy (non-hydrogen) atoms. The number of aromatic nitrogens is 1. The van der Waals surface area contributed by atoms with Crippen molar-refractivity contribution >= 4 is 22.7 Å². The topological polar surface area (TPSA) is 117 Å². The van der Waals surface area contributed by atoms with Crippen LogP contribution in [0.5, 0.6) is 0 Å². The summed E-state index contributed by atoms with van der Waals surface area (Å²) < 4.78 is 0. The van der Waals surface area contributed by atoms with Gasteiger partial charge in [-0.15, -0.1) is 5.01 Å². The number of benzene rings is 1. The van der Waals surface area contributed by atoms with Gasteiger partial charge in [0.15, 0.2) is 6.17 Å². The van der Waals surface area contributed by atoms with E-state index in [2.05, 4.69) is 26.5 Å². The normalized spacial score (nSPS) is 19.0. The van der Waals surface area contributed by atoms with Crippen molar-refractivity contribution in [2.75, 3.05) is 7.05 Å². The van der Waals surface area contributed by atoms with E-state index in [1.165, 1.54) is 6.20 Å². The smallest absolute Gasteiger partial charge is 0.353 e. The first-order valence-corrected chi connectivity index (χ1v) is 7.42. The van der Waals surface area contributed by atoms with Crippen molar-refractivity contribution in [3.05, 3.63) is 54.0 Å². The summed E-state index contributed by atoms with van der Waals surface area (Å²) in [6, 6.07) is 9.83. The van der Waals surface area contributed by atoms with Crippen LogP contribution < -0.4 is 16.5 Å². The van der Waals surface area contributed by atoms with Gasteiger partial charge in [-0.25, -0.2) is 4.79 Å². The molecule has 0 aliphatic carbocycles. The van der Waals surface area contributed by atoms with Crippen molar-refractivity contribution in [3.63, 3.8) is 0 Å². The molecule has 1 atom stereocenters. The number of hydrogen-bond acceptors (Lipinski definition) is 5. The lowest BCUT2D eigenvalue weighted by Crippen LogP contribution is -2.75. The van der Waals surface area contributed by atoms with Crippen LogP contribution in [-0.2, 0) is 11.3 Å². The van der Waals surface area contributed by atoms with Crippen molar-refractivity contribution in [2.24, 2.45) is 4.99 Å². The van der Waals surface area contributed by atoms with Crippen molar-refractivity contribution in [3.8, 4) is 0 Å². The number of amidine groups is 1. The van der Waals surface area contributed by atoms with Crippen molar-refractivity contribution < 1.29 is 15.7 Å². The van der Waals surface area contributed by atoms with E-state index in [9.17, 15) is 4.79 Å². The number of pyridine rings is 1. The number of aliphatic carboxylic acids is 1. The summed E-state index contributed by atoms with van der Waals surface area (Å²) in [6.45, 7) is 0.423. The van der Waals surface area contributed by atoms with Crippen LogP contribution in [0.1, 0.15) is 5.56 Å². The molecular weight excluding hydrogens is 308 g/mol. The number of rotatable bonds is 4. The first-order valence-electron chi connectivity index (χ1n) is 7.42. The van der Waals surface area contributed by atoms with E-state index < -0.39 is 5.97 Å². The second kappa shape index (κ2) is 6.65. The summed E-state index contributed by atoms with van der Waals surface area (Å²) in [6.07, 6.45) is 2.86. The Morgan fingerprint density at radius 2 is 2.29 bits per heavy atom. The highest BCUT2D eigenvalue weighted by atomic mass is 16.4. The zero-order valence-corrected chi connectivity index (χ0v) is 13.2.